The van der Waals surface area contributed by atoms with Crippen LogP contribution < -0.4 is 5.73 Å². The Balaban J connectivity index is 2.24. The average Bonchev–Trinajstić information content (AvgIpc) is 2.71. The van der Waals surface area contributed by atoms with Crippen LogP contribution in [0.4, 0.5) is 5.82 Å². The van der Waals surface area contributed by atoms with E-state index in [1.54, 1.807) is 17.1 Å². The third-order valence-corrected chi connectivity index (χ3v) is 2.55. The fraction of sp³-hybridized carbons (Fsp3) is 0.125. The van der Waals surface area contributed by atoms with E-state index in [1.165, 1.54) is 0 Å². The lowest BCUT2D eigenvalue weighted by Crippen LogP contribution is -2.05. The van der Waals surface area contributed by atoms with E-state index in [0.717, 1.165) is 9.33 Å². The van der Waals surface area contributed by atoms with Crippen molar-refractivity contribution in [1.29, 1.82) is 0 Å². The molecule has 2 heterocycles. The zero-order valence-corrected chi connectivity index (χ0v) is 8.93. The molecule has 0 aliphatic carbocycles. The van der Waals surface area contributed by atoms with E-state index in [1.807, 2.05) is 12.1 Å². The van der Waals surface area contributed by atoms with Crippen LogP contribution in [0.15, 0.2) is 29.0 Å². The molecule has 0 fully saturated rings. The van der Waals surface area contributed by atoms with E-state index < -0.39 is 0 Å². The van der Waals surface area contributed by atoms with Gasteiger partial charge >= 0.3 is 0 Å². The molecule has 0 amide bonds. The van der Waals surface area contributed by atoms with Crippen molar-refractivity contribution in [1.82, 2.24) is 9.78 Å². The smallest absolute Gasteiger partial charge is 0.135 e. The molecule has 0 spiro atoms. The molecule has 0 bridgehead atoms. The molecule has 2 rings (SSSR count). The number of furan rings is 1. The van der Waals surface area contributed by atoms with Gasteiger partial charge in [-0.25, -0.2) is 4.68 Å². The lowest BCUT2D eigenvalue weighted by atomic mass is 10.4. The minimum Gasteiger partial charge on any atom is -0.467 e. The first kappa shape index (κ1) is 8.61. The van der Waals surface area contributed by atoms with E-state index in [2.05, 4.69) is 27.7 Å². The fourth-order valence-corrected chi connectivity index (χ4v) is 1.45. The predicted molar refractivity (Wildman–Crippen MR) is 57.2 cm³/mol. The monoisotopic (exact) mass is 289 g/mol. The van der Waals surface area contributed by atoms with Gasteiger partial charge in [0.2, 0.25) is 0 Å². The second-order valence-electron chi connectivity index (χ2n) is 2.61. The summed E-state index contributed by atoms with van der Waals surface area (Å²) in [6.07, 6.45) is 3.37. The number of nitrogens with zero attached hydrogens (tertiary/aromatic N) is 2. The topological polar surface area (TPSA) is 57.0 Å². The molecule has 2 aromatic heterocycles. The average molecular weight is 289 g/mol. The normalized spacial score (nSPS) is 10.5. The summed E-state index contributed by atoms with van der Waals surface area (Å²) in [6, 6.07) is 3.74. The van der Waals surface area contributed by atoms with Gasteiger partial charge < -0.3 is 10.2 Å². The van der Waals surface area contributed by atoms with E-state index >= 15 is 0 Å². The van der Waals surface area contributed by atoms with Gasteiger partial charge in [0.15, 0.2) is 0 Å². The summed E-state index contributed by atoms with van der Waals surface area (Å²) in [4.78, 5) is 0. The molecule has 0 saturated carbocycles. The van der Waals surface area contributed by atoms with Crippen molar-refractivity contribution in [3.05, 3.63) is 33.9 Å². The third kappa shape index (κ3) is 1.69. The van der Waals surface area contributed by atoms with Crippen LogP contribution in [-0.2, 0) is 6.54 Å². The zero-order chi connectivity index (χ0) is 9.26. The number of aromatic nitrogens is 2. The number of nitrogens with two attached hydrogens (primary N) is 1. The Kier molecular flexibility index (Phi) is 2.26. The Labute approximate surface area is 88.9 Å². The lowest BCUT2D eigenvalue weighted by molar-refractivity contribution is 0.482. The van der Waals surface area contributed by atoms with Gasteiger partial charge in [0, 0.05) is 0 Å². The molecule has 0 atom stereocenters. The molecule has 2 aromatic rings. The molecule has 68 valence electrons. The highest BCUT2D eigenvalue weighted by molar-refractivity contribution is 14.1. The molecule has 0 aliphatic heterocycles. The number of rotatable bonds is 2. The molecule has 0 radical (unpaired) electrons. The summed E-state index contributed by atoms with van der Waals surface area (Å²) in [6.45, 7) is 0.585. The Hall–Kier alpha value is -0.980. The lowest BCUT2D eigenvalue weighted by Gasteiger charge is -2.00. The first-order chi connectivity index (χ1) is 6.27. The van der Waals surface area contributed by atoms with Crippen LogP contribution >= 0.6 is 22.6 Å². The molecule has 13 heavy (non-hydrogen) atoms. The van der Waals surface area contributed by atoms with Crippen LogP contribution in [0.5, 0.6) is 0 Å². The highest BCUT2D eigenvalue weighted by Crippen LogP contribution is 2.14. The van der Waals surface area contributed by atoms with Crippen LogP contribution in [0.2, 0.25) is 0 Å². The Morgan fingerprint density at radius 3 is 3.00 bits per heavy atom. The van der Waals surface area contributed by atoms with Crippen LogP contribution in [-0.4, -0.2) is 9.78 Å². The molecule has 0 aromatic carbocycles. The van der Waals surface area contributed by atoms with Crippen LogP contribution in [0.3, 0.4) is 0 Å². The van der Waals surface area contributed by atoms with Gasteiger partial charge in [0.25, 0.3) is 0 Å². The standard InChI is InChI=1S/C8H8IN3O/c9-7-4-11-12(8(7)10)5-6-2-1-3-13-6/h1-4H,5,10H2. The molecule has 4 nitrogen and oxygen atoms in total. The number of hydrogen-bond donors (Lipinski definition) is 1. The number of anilines is 1. The fourth-order valence-electron chi connectivity index (χ4n) is 1.05. The second-order valence-corrected chi connectivity index (χ2v) is 3.78. The van der Waals surface area contributed by atoms with Gasteiger partial charge in [-0.05, 0) is 34.7 Å². The first-order valence-corrected chi connectivity index (χ1v) is 4.84. The van der Waals surface area contributed by atoms with E-state index in [-0.39, 0.29) is 0 Å². The minimum absolute atomic E-state index is 0.585. The maximum atomic E-state index is 5.77. The number of nitrogen functional groups attached to an aromatic ring is 1. The van der Waals surface area contributed by atoms with Gasteiger partial charge in [-0.2, -0.15) is 5.10 Å². The van der Waals surface area contributed by atoms with Gasteiger partial charge in [-0.3, -0.25) is 0 Å². The summed E-state index contributed by atoms with van der Waals surface area (Å²) in [5.74, 6) is 1.53. The molecule has 2 N–H and O–H groups in total. The van der Waals surface area contributed by atoms with Crippen molar-refractivity contribution >= 4 is 28.4 Å². The van der Waals surface area contributed by atoms with E-state index in [4.69, 9.17) is 10.2 Å². The largest absolute Gasteiger partial charge is 0.467 e. The zero-order valence-electron chi connectivity index (χ0n) is 6.77. The summed E-state index contributed by atoms with van der Waals surface area (Å²) in [7, 11) is 0. The highest BCUT2D eigenvalue weighted by Gasteiger charge is 2.05. The quantitative estimate of drug-likeness (QED) is 0.856. The number of halogens is 1. The summed E-state index contributed by atoms with van der Waals surface area (Å²) in [5, 5.41) is 4.11. The molecule has 5 heteroatoms. The Bertz CT molecular complexity index is 393. The molecular formula is C8H8IN3O. The second kappa shape index (κ2) is 3.41. The SMILES string of the molecule is Nc1c(I)cnn1Cc1ccco1. The van der Waals surface area contributed by atoms with E-state index in [9.17, 15) is 0 Å². The number of hydrogen-bond acceptors (Lipinski definition) is 3. The predicted octanol–water partition coefficient (Wildman–Crippen LogP) is 1.71. The summed E-state index contributed by atoms with van der Waals surface area (Å²) >= 11 is 2.15. The molecule has 0 aliphatic rings. The first-order valence-electron chi connectivity index (χ1n) is 3.76. The summed E-state index contributed by atoms with van der Waals surface area (Å²) < 4.78 is 7.85. The third-order valence-electron chi connectivity index (χ3n) is 1.72. The van der Waals surface area contributed by atoms with Gasteiger partial charge in [0.05, 0.1) is 16.0 Å². The maximum Gasteiger partial charge on any atom is 0.135 e. The van der Waals surface area contributed by atoms with Gasteiger partial charge in [-0.15, -0.1) is 0 Å². The maximum absolute atomic E-state index is 5.77. The van der Waals surface area contributed by atoms with Crippen molar-refractivity contribution in [2.45, 2.75) is 6.54 Å². The summed E-state index contributed by atoms with van der Waals surface area (Å²) in [5.41, 5.74) is 5.77. The van der Waals surface area contributed by atoms with Gasteiger partial charge in [-0.1, -0.05) is 0 Å². The Morgan fingerprint density at radius 1 is 1.62 bits per heavy atom. The van der Waals surface area contributed by atoms with E-state index in [0.29, 0.717) is 12.4 Å². The molecular weight excluding hydrogens is 281 g/mol. The van der Waals surface area contributed by atoms with Crippen molar-refractivity contribution in [2.24, 2.45) is 0 Å². The molecule has 0 saturated heterocycles. The van der Waals surface area contributed by atoms with Crippen molar-refractivity contribution < 1.29 is 4.42 Å². The van der Waals surface area contributed by atoms with Crippen LogP contribution in [0, 0.1) is 3.57 Å². The Morgan fingerprint density at radius 2 is 2.46 bits per heavy atom. The van der Waals surface area contributed by atoms with Crippen LogP contribution in [0.1, 0.15) is 5.76 Å². The van der Waals surface area contributed by atoms with Crippen molar-refractivity contribution in [3.8, 4) is 0 Å². The van der Waals surface area contributed by atoms with Crippen LogP contribution in [0.25, 0.3) is 0 Å². The van der Waals surface area contributed by atoms with Gasteiger partial charge in [0.1, 0.15) is 18.1 Å². The highest BCUT2D eigenvalue weighted by atomic mass is 127. The van der Waals surface area contributed by atoms with Crippen molar-refractivity contribution in [2.75, 3.05) is 5.73 Å². The van der Waals surface area contributed by atoms with Crippen molar-refractivity contribution in [3.63, 3.8) is 0 Å². The molecule has 0 unspecified atom stereocenters. The minimum atomic E-state index is 0.585.